The maximum Gasteiger partial charge on any atom is 0.0739 e. The van der Waals surface area contributed by atoms with E-state index in [-0.39, 0.29) is 0 Å². The Morgan fingerprint density at radius 3 is 2.21 bits per heavy atom. The average Bonchev–Trinajstić information content (AvgIpc) is 2.66. The van der Waals surface area contributed by atoms with Gasteiger partial charge >= 0.3 is 0 Å². The minimum absolute atomic E-state index is 0.607. The molecule has 0 radical (unpaired) electrons. The third-order valence-electron chi connectivity index (χ3n) is 5.05. The van der Waals surface area contributed by atoms with Crippen LogP contribution in [0.1, 0.15) is 50.9 Å². The van der Waals surface area contributed by atoms with Gasteiger partial charge in [0.2, 0.25) is 0 Å². The molecule has 2 rings (SSSR count). The Morgan fingerprint density at radius 2 is 1.79 bits per heavy atom. The minimum Gasteiger partial charge on any atom is -0.297 e. The van der Waals surface area contributed by atoms with Crippen molar-refractivity contribution in [1.82, 2.24) is 14.7 Å². The zero-order valence-corrected chi connectivity index (χ0v) is 14.3. The standard InChI is InChI=1S/C15H26BrN3/c1-5-15(6-2)7-9-19(10-8-15)11-13-14(16)12(3)17-18(13)4/h5-11H2,1-4H3. The molecule has 0 unspecified atom stereocenters. The summed E-state index contributed by atoms with van der Waals surface area (Å²) in [5.41, 5.74) is 3.00. The molecule has 0 aliphatic carbocycles. The van der Waals surface area contributed by atoms with E-state index >= 15 is 0 Å². The van der Waals surface area contributed by atoms with Gasteiger partial charge in [-0.1, -0.05) is 26.7 Å². The van der Waals surface area contributed by atoms with Crippen LogP contribution in [-0.2, 0) is 13.6 Å². The third-order valence-corrected chi connectivity index (χ3v) is 6.08. The lowest BCUT2D eigenvalue weighted by atomic mass is 9.74. The van der Waals surface area contributed by atoms with E-state index in [0.717, 1.165) is 12.2 Å². The zero-order valence-electron chi connectivity index (χ0n) is 12.7. The van der Waals surface area contributed by atoms with Gasteiger partial charge in [0.05, 0.1) is 15.9 Å². The van der Waals surface area contributed by atoms with Crippen molar-refractivity contribution in [2.24, 2.45) is 12.5 Å². The first-order chi connectivity index (χ1) is 9.01. The summed E-state index contributed by atoms with van der Waals surface area (Å²) in [6, 6.07) is 0. The van der Waals surface area contributed by atoms with Gasteiger partial charge in [0.25, 0.3) is 0 Å². The van der Waals surface area contributed by atoms with E-state index in [1.54, 1.807) is 0 Å². The second-order valence-corrected chi connectivity index (χ2v) is 6.75. The van der Waals surface area contributed by atoms with Gasteiger partial charge in [-0.25, -0.2) is 0 Å². The van der Waals surface area contributed by atoms with Crippen molar-refractivity contribution in [2.75, 3.05) is 13.1 Å². The summed E-state index contributed by atoms with van der Waals surface area (Å²) in [5, 5.41) is 4.48. The van der Waals surface area contributed by atoms with Crippen molar-refractivity contribution in [3.8, 4) is 0 Å². The summed E-state index contributed by atoms with van der Waals surface area (Å²) in [4.78, 5) is 2.57. The van der Waals surface area contributed by atoms with Crippen LogP contribution in [0.2, 0.25) is 0 Å². The molecule has 1 aliphatic rings. The largest absolute Gasteiger partial charge is 0.297 e. The molecule has 1 saturated heterocycles. The van der Waals surface area contributed by atoms with Crippen LogP contribution in [0.3, 0.4) is 0 Å². The molecule has 0 bridgehead atoms. The Kier molecular flexibility index (Phi) is 4.72. The summed E-state index contributed by atoms with van der Waals surface area (Å²) < 4.78 is 3.19. The maximum atomic E-state index is 4.48. The SMILES string of the molecule is CCC1(CC)CCN(Cc2c(Br)c(C)nn2C)CC1. The molecule has 0 aromatic carbocycles. The molecule has 19 heavy (non-hydrogen) atoms. The fraction of sp³-hybridized carbons (Fsp3) is 0.800. The predicted molar refractivity (Wildman–Crippen MR) is 83.2 cm³/mol. The number of nitrogens with zero attached hydrogens (tertiary/aromatic N) is 3. The van der Waals surface area contributed by atoms with Gasteiger partial charge in [-0.15, -0.1) is 0 Å². The van der Waals surface area contributed by atoms with Crippen LogP contribution >= 0.6 is 15.9 Å². The van der Waals surface area contributed by atoms with Crippen LogP contribution in [0.5, 0.6) is 0 Å². The monoisotopic (exact) mass is 327 g/mol. The first-order valence-corrected chi connectivity index (χ1v) is 8.21. The molecule has 0 N–H and O–H groups in total. The Morgan fingerprint density at radius 1 is 1.21 bits per heavy atom. The van der Waals surface area contributed by atoms with Crippen molar-refractivity contribution < 1.29 is 0 Å². The molecule has 1 aromatic heterocycles. The highest BCUT2D eigenvalue weighted by Gasteiger charge is 2.31. The molecule has 2 heterocycles. The Labute approximate surface area is 125 Å². The van der Waals surface area contributed by atoms with Gasteiger partial charge in [0.15, 0.2) is 0 Å². The number of hydrogen-bond acceptors (Lipinski definition) is 2. The number of piperidine rings is 1. The molecule has 1 aliphatic heterocycles. The van der Waals surface area contributed by atoms with Gasteiger partial charge in [-0.05, 0) is 54.2 Å². The van der Waals surface area contributed by atoms with E-state index in [4.69, 9.17) is 0 Å². The van der Waals surface area contributed by atoms with Gasteiger partial charge in [-0.2, -0.15) is 5.10 Å². The summed E-state index contributed by atoms with van der Waals surface area (Å²) in [5.74, 6) is 0. The summed E-state index contributed by atoms with van der Waals surface area (Å²) in [6.45, 7) is 10.2. The van der Waals surface area contributed by atoms with E-state index in [1.165, 1.54) is 48.9 Å². The van der Waals surface area contributed by atoms with Crippen molar-refractivity contribution in [3.05, 3.63) is 15.9 Å². The fourth-order valence-corrected chi connectivity index (χ4v) is 3.67. The van der Waals surface area contributed by atoms with Crippen molar-refractivity contribution in [3.63, 3.8) is 0 Å². The smallest absolute Gasteiger partial charge is 0.0739 e. The van der Waals surface area contributed by atoms with E-state index in [2.05, 4.69) is 46.7 Å². The summed E-state index contributed by atoms with van der Waals surface area (Å²) in [6.07, 6.45) is 5.33. The van der Waals surface area contributed by atoms with Crippen LogP contribution in [-0.4, -0.2) is 27.8 Å². The van der Waals surface area contributed by atoms with E-state index in [9.17, 15) is 0 Å². The fourth-order valence-electron chi connectivity index (χ4n) is 3.21. The number of aryl methyl sites for hydroxylation is 2. The molecule has 0 spiro atoms. The molecule has 0 atom stereocenters. The second kappa shape index (κ2) is 5.96. The number of likely N-dealkylation sites (tertiary alicyclic amines) is 1. The maximum absolute atomic E-state index is 4.48. The lowest BCUT2D eigenvalue weighted by Gasteiger charge is -2.41. The molecular weight excluding hydrogens is 302 g/mol. The molecule has 1 aromatic rings. The molecular formula is C15H26BrN3. The van der Waals surface area contributed by atoms with Gasteiger partial charge in [-0.3, -0.25) is 9.58 Å². The predicted octanol–water partition coefficient (Wildman–Crippen LogP) is 3.89. The highest BCUT2D eigenvalue weighted by molar-refractivity contribution is 9.10. The van der Waals surface area contributed by atoms with Crippen LogP contribution in [0, 0.1) is 12.3 Å². The molecule has 4 heteroatoms. The van der Waals surface area contributed by atoms with Crippen LogP contribution < -0.4 is 0 Å². The topological polar surface area (TPSA) is 21.1 Å². The van der Waals surface area contributed by atoms with Crippen LogP contribution in [0.15, 0.2) is 4.47 Å². The van der Waals surface area contributed by atoms with Gasteiger partial charge in [0.1, 0.15) is 0 Å². The minimum atomic E-state index is 0.607. The summed E-state index contributed by atoms with van der Waals surface area (Å²) in [7, 11) is 2.04. The van der Waals surface area contributed by atoms with Crippen molar-refractivity contribution >= 4 is 15.9 Å². The summed E-state index contributed by atoms with van der Waals surface area (Å²) >= 11 is 3.67. The van der Waals surface area contributed by atoms with Gasteiger partial charge < -0.3 is 0 Å². The average molecular weight is 328 g/mol. The molecule has 108 valence electrons. The Balaban J connectivity index is 1.99. The molecule has 3 nitrogen and oxygen atoms in total. The quantitative estimate of drug-likeness (QED) is 0.836. The Bertz CT molecular complexity index is 425. The second-order valence-electron chi connectivity index (χ2n) is 5.95. The molecule has 0 amide bonds. The highest BCUT2D eigenvalue weighted by Crippen LogP contribution is 2.38. The normalized spacial score (nSPS) is 19.8. The lowest BCUT2D eigenvalue weighted by Crippen LogP contribution is -2.39. The lowest BCUT2D eigenvalue weighted by molar-refractivity contribution is 0.0891. The first-order valence-electron chi connectivity index (χ1n) is 7.41. The zero-order chi connectivity index (χ0) is 14.0. The van der Waals surface area contributed by atoms with Crippen molar-refractivity contribution in [2.45, 2.75) is 53.0 Å². The Hall–Kier alpha value is -0.350. The third kappa shape index (κ3) is 3.05. The van der Waals surface area contributed by atoms with Crippen molar-refractivity contribution in [1.29, 1.82) is 0 Å². The van der Waals surface area contributed by atoms with E-state index in [0.29, 0.717) is 5.41 Å². The molecule has 0 saturated carbocycles. The van der Waals surface area contributed by atoms with E-state index < -0.39 is 0 Å². The highest BCUT2D eigenvalue weighted by atomic mass is 79.9. The van der Waals surface area contributed by atoms with E-state index in [1.807, 2.05) is 11.7 Å². The van der Waals surface area contributed by atoms with Crippen LogP contribution in [0.25, 0.3) is 0 Å². The molecule has 1 fully saturated rings. The number of aromatic nitrogens is 2. The number of hydrogen-bond donors (Lipinski definition) is 0. The first kappa shape index (κ1) is 15.0. The number of rotatable bonds is 4. The number of halogens is 1. The van der Waals surface area contributed by atoms with Crippen LogP contribution in [0.4, 0.5) is 0 Å². The van der Waals surface area contributed by atoms with Gasteiger partial charge in [0, 0.05) is 13.6 Å².